The Kier molecular flexibility index (Phi) is 4.03. The molecule has 0 bridgehead atoms. The van der Waals surface area contributed by atoms with Gasteiger partial charge >= 0.3 is 0 Å². The molecule has 0 atom stereocenters. The van der Waals surface area contributed by atoms with E-state index < -0.39 is 0 Å². The van der Waals surface area contributed by atoms with E-state index in [1.54, 1.807) is 6.92 Å². The summed E-state index contributed by atoms with van der Waals surface area (Å²) in [5.74, 6) is 0.283. The zero-order chi connectivity index (χ0) is 17.4. The highest BCUT2D eigenvalue weighted by Gasteiger charge is 2.16. The van der Waals surface area contributed by atoms with Crippen LogP contribution in [0.15, 0.2) is 64.1 Å². The molecule has 0 aliphatic heterocycles. The number of rotatable bonds is 3. The molecule has 4 nitrogen and oxygen atoms in total. The number of furan rings is 1. The average Bonchev–Trinajstić information content (AvgIpc) is 3.21. The molecule has 2 aromatic heterocycles. The molecule has 0 aliphatic rings. The van der Waals surface area contributed by atoms with E-state index in [0.717, 1.165) is 21.1 Å². The largest absolute Gasteiger partial charge is 0.455 e. The van der Waals surface area contributed by atoms with Gasteiger partial charge in [0.05, 0.1) is 5.02 Å². The molecule has 2 heterocycles. The molecule has 4 aromatic rings. The van der Waals surface area contributed by atoms with Crippen molar-refractivity contribution in [1.82, 2.24) is 5.43 Å². The number of hydrogen-bond acceptors (Lipinski definition) is 4. The predicted molar refractivity (Wildman–Crippen MR) is 103 cm³/mol. The van der Waals surface area contributed by atoms with Gasteiger partial charge in [0.2, 0.25) is 0 Å². The second kappa shape index (κ2) is 6.35. The maximum Gasteiger partial charge on any atom is 0.283 e. The lowest BCUT2D eigenvalue weighted by molar-refractivity contribution is 0.0959. The van der Waals surface area contributed by atoms with Crippen molar-refractivity contribution in [3.8, 4) is 0 Å². The third kappa shape index (κ3) is 2.92. The van der Waals surface area contributed by atoms with Gasteiger partial charge in [-0.05, 0) is 25.1 Å². The Morgan fingerprint density at radius 2 is 1.92 bits per heavy atom. The molecule has 0 fully saturated rings. The molecule has 1 N–H and O–H groups in total. The Bertz CT molecular complexity index is 1090. The fourth-order valence-electron chi connectivity index (χ4n) is 2.56. The van der Waals surface area contributed by atoms with Gasteiger partial charge in [-0.2, -0.15) is 5.10 Å². The van der Waals surface area contributed by atoms with Crippen LogP contribution in [0.4, 0.5) is 0 Å². The van der Waals surface area contributed by atoms with E-state index in [2.05, 4.69) is 10.5 Å². The lowest BCUT2D eigenvalue weighted by atomic mass is 10.2. The summed E-state index contributed by atoms with van der Waals surface area (Å²) in [7, 11) is 0. The summed E-state index contributed by atoms with van der Waals surface area (Å²) in [6.07, 6.45) is 0. The standard InChI is InChI=1S/C19H13ClN2O2S/c1-11(15-10-12-6-2-4-8-14(12)24-15)21-22-19(23)18-17(20)13-7-3-5-9-16(13)25-18/h2-10H,1H3,(H,22,23). The Balaban J connectivity index is 1.59. The number of fused-ring (bicyclic) bond motifs is 2. The van der Waals surface area contributed by atoms with E-state index >= 15 is 0 Å². The molecule has 0 aliphatic carbocycles. The summed E-state index contributed by atoms with van der Waals surface area (Å²) >= 11 is 7.67. The van der Waals surface area contributed by atoms with E-state index in [9.17, 15) is 4.79 Å². The zero-order valence-electron chi connectivity index (χ0n) is 13.2. The first-order chi connectivity index (χ1) is 12.1. The molecule has 1 amide bonds. The lowest BCUT2D eigenvalue weighted by Gasteiger charge is -1.99. The first-order valence-corrected chi connectivity index (χ1v) is 8.83. The van der Waals surface area contributed by atoms with E-state index in [0.29, 0.717) is 21.4 Å². The molecule has 4 rings (SSSR count). The van der Waals surface area contributed by atoms with Gasteiger partial charge in [0.1, 0.15) is 16.2 Å². The molecule has 124 valence electrons. The van der Waals surface area contributed by atoms with Crippen LogP contribution >= 0.6 is 22.9 Å². The van der Waals surface area contributed by atoms with Crippen LogP contribution in [0.2, 0.25) is 5.02 Å². The van der Waals surface area contributed by atoms with Crippen molar-refractivity contribution < 1.29 is 9.21 Å². The topological polar surface area (TPSA) is 54.6 Å². The van der Waals surface area contributed by atoms with E-state index in [-0.39, 0.29) is 5.91 Å². The molecule has 6 heteroatoms. The number of amides is 1. The van der Waals surface area contributed by atoms with Gasteiger partial charge < -0.3 is 4.42 Å². The first kappa shape index (κ1) is 15.9. The second-order valence-electron chi connectivity index (χ2n) is 5.53. The number of nitrogens with one attached hydrogen (secondary N) is 1. The van der Waals surface area contributed by atoms with Gasteiger partial charge in [0.25, 0.3) is 5.91 Å². The number of hydrogen-bond donors (Lipinski definition) is 1. The quantitative estimate of drug-likeness (QED) is 0.386. The smallest absolute Gasteiger partial charge is 0.283 e. The minimum absolute atomic E-state index is 0.332. The van der Waals surface area contributed by atoms with Crippen molar-refractivity contribution in [3.05, 3.63) is 70.3 Å². The Hall–Kier alpha value is -2.63. The number of benzene rings is 2. The van der Waals surface area contributed by atoms with Crippen LogP contribution in [-0.2, 0) is 0 Å². The fourth-order valence-corrected chi connectivity index (χ4v) is 3.97. The minimum atomic E-state index is -0.332. The van der Waals surface area contributed by atoms with Gasteiger partial charge in [0, 0.05) is 15.5 Å². The van der Waals surface area contributed by atoms with Crippen LogP contribution in [0.3, 0.4) is 0 Å². The van der Waals surface area contributed by atoms with Crippen molar-refractivity contribution in [3.63, 3.8) is 0 Å². The van der Waals surface area contributed by atoms with Crippen LogP contribution in [0.25, 0.3) is 21.1 Å². The number of nitrogens with zero attached hydrogens (tertiary/aromatic N) is 1. The van der Waals surface area contributed by atoms with Gasteiger partial charge in [-0.25, -0.2) is 5.43 Å². The highest BCUT2D eigenvalue weighted by atomic mass is 35.5. The summed E-state index contributed by atoms with van der Waals surface area (Å²) in [4.78, 5) is 12.9. The molecule has 0 saturated carbocycles. The van der Waals surface area contributed by atoms with E-state index in [4.69, 9.17) is 16.0 Å². The Morgan fingerprint density at radius 1 is 1.16 bits per heavy atom. The number of para-hydroxylation sites is 1. The van der Waals surface area contributed by atoms with Crippen molar-refractivity contribution in [2.75, 3.05) is 0 Å². The Labute approximate surface area is 152 Å². The number of halogens is 1. The fraction of sp³-hybridized carbons (Fsp3) is 0.0526. The van der Waals surface area contributed by atoms with Crippen molar-refractivity contribution in [2.45, 2.75) is 6.92 Å². The molecule has 0 unspecified atom stereocenters. The summed E-state index contributed by atoms with van der Waals surface area (Å²) in [5, 5.41) is 6.47. The highest BCUT2D eigenvalue weighted by Crippen LogP contribution is 2.34. The first-order valence-electron chi connectivity index (χ1n) is 7.64. The van der Waals surface area contributed by atoms with Gasteiger partial charge in [-0.15, -0.1) is 11.3 Å². The third-order valence-corrected chi connectivity index (χ3v) is 5.52. The normalized spacial score (nSPS) is 12.0. The molecule has 2 aromatic carbocycles. The molecule has 25 heavy (non-hydrogen) atoms. The van der Waals surface area contributed by atoms with Crippen LogP contribution < -0.4 is 5.43 Å². The number of hydrazone groups is 1. The maximum atomic E-state index is 12.4. The minimum Gasteiger partial charge on any atom is -0.455 e. The van der Waals surface area contributed by atoms with E-state index in [1.165, 1.54) is 11.3 Å². The summed E-state index contributed by atoms with van der Waals surface area (Å²) in [5.41, 5.74) is 3.93. The molecule has 0 spiro atoms. The predicted octanol–water partition coefficient (Wildman–Crippen LogP) is 5.45. The van der Waals surface area contributed by atoms with Crippen molar-refractivity contribution >= 4 is 55.6 Å². The molecular formula is C19H13ClN2O2S. The van der Waals surface area contributed by atoms with Gasteiger partial charge in [0.15, 0.2) is 5.76 Å². The van der Waals surface area contributed by atoms with Crippen molar-refractivity contribution in [2.24, 2.45) is 5.10 Å². The molecular weight excluding hydrogens is 356 g/mol. The lowest BCUT2D eigenvalue weighted by Crippen LogP contribution is -2.18. The molecule has 0 radical (unpaired) electrons. The maximum absolute atomic E-state index is 12.4. The summed E-state index contributed by atoms with van der Waals surface area (Å²) < 4.78 is 6.70. The summed E-state index contributed by atoms with van der Waals surface area (Å²) in [6, 6.07) is 17.2. The third-order valence-electron chi connectivity index (χ3n) is 3.85. The van der Waals surface area contributed by atoms with Crippen LogP contribution in [0.1, 0.15) is 22.4 Å². The van der Waals surface area contributed by atoms with Crippen LogP contribution in [-0.4, -0.2) is 11.6 Å². The Morgan fingerprint density at radius 3 is 2.72 bits per heavy atom. The number of carbonyl (C=O) groups is 1. The highest BCUT2D eigenvalue weighted by molar-refractivity contribution is 7.21. The monoisotopic (exact) mass is 368 g/mol. The number of carbonyl (C=O) groups excluding carboxylic acids is 1. The average molecular weight is 369 g/mol. The summed E-state index contributed by atoms with van der Waals surface area (Å²) in [6.45, 7) is 1.78. The zero-order valence-corrected chi connectivity index (χ0v) is 14.8. The molecule has 0 saturated heterocycles. The van der Waals surface area contributed by atoms with Crippen LogP contribution in [0.5, 0.6) is 0 Å². The van der Waals surface area contributed by atoms with Gasteiger partial charge in [-0.1, -0.05) is 48.0 Å². The number of thiophene rings is 1. The van der Waals surface area contributed by atoms with E-state index in [1.807, 2.05) is 54.6 Å². The van der Waals surface area contributed by atoms with Crippen LogP contribution in [0, 0.1) is 0 Å². The SMILES string of the molecule is CC(=NNC(=O)c1sc2ccccc2c1Cl)c1cc2ccccc2o1. The van der Waals surface area contributed by atoms with Crippen molar-refractivity contribution in [1.29, 1.82) is 0 Å². The van der Waals surface area contributed by atoms with Gasteiger partial charge in [-0.3, -0.25) is 4.79 Å². The second-order valence-corrected chi connectivity index (χ2v) is 6.96.